The van der Waals surface area contributed by atoms with Crippen molar-refractivity contribution < 1.29 is 28.7 Å². The van der Waals surface area contributed by atoms with Gasteiger partial charge in [0.25, 0.3) is 0 Å². The van der Waals surface area contributed by atoms with Crippen LogP contribution in [0.15, 0.2) is 0 Å². The molecule has 1 heterocycles. The molecule has 0 bridgehead atoms. The molecule has 0 saturated carbocycles. The van der Waals surface area contributed by atoms with Crippen molar-refractivity contribution in [2.24, 2.45) is 11.8 Å². The average Bonchev–Trinajstić information content (AvgIpc) is 2.70. The molecule has 0 N–H and O–H groups in total. The summed E-state index contributed by atoms with van der Waals surface area (Å²) in [6.45, 7) is 10.0. The number of carbonyl (C=O) groups is 4. The Hall–Kier alpha value is -1.92. The van der Waals surface area contributed by atoms with Crippen molar-refractivity contribution in [1.82, 2.24) is 4.90 Å². The Balaban J connectivity index is 3.28. The molecule has 0 aliphatic carbocycles. The SMILES string of the molecule is CCOC(=O)[C@@H]1[C@@H](CC=O)[C@@H](C(C)=O)[C@@H](C)N1C(=O)OC(C)(C)C. The molecule has 0 aromatic heterocycles. The van der Waals surface area contributed by atoms with Crippen LogP contribution in [0.1, 0.15) is 48.0 Å². The van der Waals surface area contributed by atoms with Gasteiger partial charge in [-0.1, -0.05) is 0 Å². The summed E-state index contributed by atoms with van der Waals surface area (Å²) in [4.78, 5) is 49.4. The number of amides is 1. The predicted octanol–water partition coefficient (Wildman–Crippen LogP) is 1.97. The number of likely N-dealkylation sites (tertiary alicyclic amines) is 1. The topological polar surface area (TPSA) is 90.0 Å². The summed E-state index contributed by atoms with van der Waals surface area (Å²) in [5.74, 6) is -2.01. The van der Waals surface area contributed by atoms with E-state index in [-0.39, 0.29) is 18.8 Å². The maximum Gasteiger partial charge on any atom is 0.411 e. The van der Waals surface area contributed by atoms with Crippen molar-refractivity contribution in [3.63, 3.8) is 0 Å². The zero-order valence-corrected chi connectivity index (χ0v) is 15.2. The highest BCUT2D eigenvalue weighted by molar-refractivity contribution is 5.88. The molecule has 1 amide bonds. The summed E-state index contributed by atoms with van der Waals surface area (Å²) < 4.78 is 10.5. The fourth-order valence-corrected chi connectivity index (χ4v) is 3.32. The normalized spacial score (nSPS) is 26.8. The van der Waals surface area contributed by atoms with Crippen LogP contribution in [0.3, 0.4) is 0 Å². The van der Waals surface area contributed by atoms with Crippen molar-refractivity contribution in [2.45, 2.75) is 65.6 Å². The molecule has 1 rings (SSSR count). The molecule has 7 heteroatoms. The highest BCUT2D eigenvalue weighted by Crippen LogP contribution is 2.39. The lowest BCUT2D eigenvalue weighted by Crippen LogP contribution is -2.48. The molecule has 4 atom stereocenters. The molecular weight excluding hydrogens is 314 g/mol. The Kier molecular flexibility index (Phi) is 6.51. The number of hydrogen-bond acceptors (Lipinski definition) is 6. The molecule has 1 saturated heterocycles. The Bertz CT molecular complexity index is 510. The molecule has 1 aliphatic heterocycles. The Morgan fingerprint density at radius 2 is 1.79 bits per heavy atom. The molecule has 136 valence electrons. The smallest absolute Gasteiger partial charge is 0.411 e. The number of ether oxygens (including phenoxy) is 2. The highest BCUT2D eigenvalue weighted by Gasteiger charge is 2.55. The van der Waals surface area contributed by atoms with Gasteiger partial charge in [0, 0.05) is 24.3 Å². The molecule has 1 fully saturated rings. The first kappa shape index (κ1) is 20.1. The van der Waals surface area contributed by atoms with E-state index in [0.29, 0.717) is 6.29 Å². The number of carbonyl (C=O) groups excluding carboxylic acids is 4. The monoisotopic (exact) mass is 341 g/mol. The van der Waals surface area contributed by atoms with Crippen molar-refractivity contribution >= 4 is 24.1 Å². The van der Waals surface area contributed by atoms with Gasteiger partial charge in [-0.2, -0.15) is 0 Å². The van der Waals surface area contributed by atoms with Crippen molar-refractivity contribution in [2.75, 3.05) is 6.61 Å². The zero-order valence-electron chi connectivity index (χ0n) is 15.2. The second-order valence-corrected chi connectivity index (χ2v) is 7.03. The highest BCUT2D eigenvalue weighted by atomic mass is 16.6. The van der Waals surface area contributed by atoms with E-state index >= 15 is 0 Å². The number of Topliss-reactive ketones (excluding diaryl/α,β-unsaturated/α-hetero) is 1. The molecule has 7 nitrogen and oxygen atoms in total. The van der Waals surface area contributed by atoms with Crippen LogP contribution in [-0.4, -0.2) is 53.3 Å². The van der Waals surface area contributed by atoms with E-state index in [9.17, 15) is 19.2 Å². The zero-order chi connectivity index (χ0) is 18.7. The van der Waals surface area contributed by atoms with Crippen molar-refractivity contribution in [1.29, 1.82) is 0 Å². The maximum atomic E-state index is 12.6. The lowest BCUT2D eigenvalue weighted by molar-refractivity contribution is -0.150. The molecule has 0 radical (unpaired) electrons. The first-order valence-electron chi connectivity index (χ1n) is 8.17. The van der Waals surface area contributed by atoms with Crippen LogP contribution < -0.4 is 0 Å². The second kappa shape index (κ2) is 7.77. The second-order valence-electron chi connectivity index (χ2n) is 7.03. The third-order valence-electron chi connectivity index (χ3n) is 4.10. The van der Waals surface area contributed by atoms with Gasteiger partial charge in [-0.05, 0) is 41.5 Å². The molecule has 0 unspecified atom stereocenters. The fraction of sp³-hybridized carbons (Fsp3) is 0.765. The van der Waals surface area contributed by atoms with Gasteiger partial charge in [-0.25, -0.2) is 9.59 Å². The van der Waals surface area contributed by atoms with Crippen LogP contribution in [0.4, 0.5) is 4.79 Å². The molecule has 0 aromatic rings. The minimum Gasteiger partial charge on any atom is -0.464 e. The van der Waals surface area contributed by atoms with Gasteiger partial charge in [-0.3, -0.25) is 9.69 Å². The average molecular weight is 341 g/mol. The van der Waals surface area contributed by atoms with E-state index in [1.165, 1.54) is 11.8 Å². The quantitative estimate of drug-likeness (QED) is 0.561. The summed E-state index contributed by atoms with van der Waals surface area (Å²) in [7, 11) is 0. The first-order valence-corrected chi connectivity index (χ1v) is 8.17. The van der Waals surface area contributed by atoms with Gasteiger partial charge in [-0.15, -0.1) is 0 Å². The number of rotatable bonds is 5. The Morgan fingerprint density at radius 3 is 2.21 bits per heavy atom. The van der Waals surface area contributed by atoms with E-state index in [4.69, 9.17) is 9.47 Å². The lowest BCUT2D eigenvalue weighted by Gasteiger charge is -2.31. The number of aldehydes is 1. The van der Waals surface area contributed by atoms with Crippen LogP contribution in [-0.2, 0) is 23.9 Å². The fourth-order valence-electron chi connectivity index (χ4n) is 3.32. The molecule has 1 aliphatic rings. The van der Waals surface area contributed by atoms with E-state index in [0.717, 1.165) is 0 Å². The number of hydrogen-bond donors (Lipinski definition) is 0. The minimum absolute atomic E-state index is 0.00261. The van der Waals surface area contributed by atoms with E-state index in [1.54, 1.807) is 34.6 Å². The van der Waals surface area contributed by atoms with Crippen LogP contribution in [0.5, 0.6) is 0 Å². The van der Waals surface area contributed by atoms with Gasteiger partial charge >= 0.3 is 12.1 Å². The summed E-state index contributed by atoms with van der Waals surface area (Å²) in [5, 5.41) is 0. The summed E-state index contributed by atoms with van der Waals surface area (Å²) >= 11 is 0. The lowest BCUT2D eigenvalue weighted by atomic mass is 9.83. The van der Waals surface area contributed by atoms with Crippen molar-refractivity contribution in [3.8, 4) is 0 Å². The number of ketones is 1. The van der Waals surface area contributed by atoms with E-state index in [1.807, 2.05) is 0 Å². The molecule has 0 aromatic carbocycles. The summed E-state index contributed by atoms with van der Waals surface area (Å²) in [6, 6.07) is -1.56. The Morgan fingerprint density at radius 1 is 1.21 bits per heavy atom. The third kappa shape index (κ3) is 4.33. The van der Waals surface area contributed by atoms with Gasteiger partial charge < -0.3 is 14.3 Å². The molecule has 0 spiro atoms. The first-order chi connectivity index (χ1) is 11.0. The van der Waals surface area contributed by atoms with Crippen LogP contribution in [0.25, 0.3) is 0 Å². The van der Waals surface area contributed by atoms with Crippen molar-refractivity contribution in [3.05, 3.63) is 0 Å². The minimum atomic E-state index is -1.01. The van der Waals surface area contributed by atoms with Crippen LogP contribution in [0, 0.1) is 11.8 Å². The van der Waals surface area contributed by atoms with Gasteiger partial charge in [0.2, 0.25) is 0 Å². The van der Waals surface area contributed by atoms with Gasteiger partial charge in [0.1, 0.15) is 23.7 Å². The summed E-state index contributed by atoms with van der Waals surface area (Å²) in [6.07, 6.45) is -0.0251. The maximum absolute atomic E-state index is 12.6. The molecular formula is C17H27NO6. The number of nitrogens with zero attached hydrogens (tertiary/aromatic N) is 1. The Labute approximate surface area is 142 Å². The van der Waals surface area contributed by atoms with Gasteiger partial charge in [0.15, 0.2) is 0 Å². The van der Waals surface area contributed by atoms with E-state index < -0.39 is 41.6 Å². The number of esters is 1. The van der Waals surface area contributed by atoms with Crippen LogP contribution in [0.2, 0.25) is 0 Å². The third-order valence-corrected chi connectivity index (χ3v) is 4.10. The van der Waals surface area contributed by atoms with Crippen LogP contribution >= 0.6 is 0 Å². The predicted molar refractivity (Wildman–Crippen MR) is 86.3 cm³/mol. The molecule has 24 heavy (non-hydrogen) atoms. The standard InChI is InChI=1S/C17H27NO6/c1-7-23-15(21)14-12(8-9-19)13(11(3)20)10(2)18(14)16(22)24-17(4,5)6/h9-10,12-14H,7-8H2,1-6H3/t10-,12+,13-,14+/m1/s1. The summed E-state index contributed by atoms with van der Waals surface area (Å²) in [5.41, 5.74) is -0.746. The van der Waals surface area contributed by atoms with Gasteiger partial charge in [0.05, 0.1) is 6.61 Å². The largest absolute Gasteiger partial charge is 0.464 e. The van der Waals surface area contributed by atoms with E-state index in [2.05, 4.69) is 0 Å².